The van der Waals surface area contributed by atoms with E-state index in [-0.39, 0.29) is 5.91 Å². The number of nitrogens with zero attached hydrogens (tertiary/aromatic N) is 2. The van der Waals surface area contributed by atoms with Crippen LogP contribution in [0.4, 0.5) is 11.4 Å². The number of rotatable bonds is 5. The fraction of sp³-hybridized carbons (Fsp3) is 0.304. The molecule has 4 rings (SSSR count). The van der Waals surface area contributed by atoms with Gasteiger partial charge in [0.05, 0.1) is 5.69 Å². The van der Waals surface area contributed by atoms with E-state index < -0.39 is 0 Å². The van der Waals surface area contributed by atoms with E-state index in [9.17, 15) is 4.79 Å². The molecule has 1 amide bonds. The summed E-state index contributed by atoms with van der Waals surface area (Å²) in [5, 5.41) is 11.0. The van der Waals surface area contributed by atoms with Crippen molar-refractivity contribution in [2.24, 2.45) is 0 Å². The first-order valence-corrected chi connectivity index (χ1v) is 9.99. The summed E-state index contributed by atoms with van der Waals surface area (Å²) in [5.74, 6) is -0.203. The summed E-state index contributed by atoms with van der Waals surface area (Å²) in [6, 6.07) is 20.1. The van der Waals surface area contributed by atoms with Crippen molar-refractivity contribution in [1.82, 2.24) is 9.78 Å². The van der Waals surface area contributed by atoms with Gasteiger partial charge in [-0.25, -0.2) is 4.68 Å². The molecule has 0 unspecified atom stereocenters. The lowest BCUT2D eigenvalue weighted by atomic mass is 9.95. The number of para-hydroxylation sites is 1. The van der Waals surface area contributed by atoms with Crippen LogP contribution >= 0.6 is 0 Å². The molecule has 5 nitrogen and oxygen atoms in total. The molecule has 0 spiro atoms. The van der Waals surface area contributed by atoms with Gasteiger partial charge in [0, 0.05) is 23.1 Å². The Morgan fingerprint density at radius 1 is 0.964 bits per heavy atom. The maximum atomic E-state index is 12.6. The fourth-order valence-electron chi connectivity index (χ4n) is 3.74. The van der Waals surface area contributed by atoms with Crippen LogP contribution in [0.5, 0.6) is 0 Å². The number of hydrogen-bond donors (Lipinski definition) is 2. The Kier molecular flexibility index (Phi) is 5.42. The molecule has 0 saturated heterocycles. The highest BCUT2D eigenvalue weighted by molar-refractivity contribution is 6.03. The summed E-state index contributed by atoms with van der Waals surface area (Å²) >= 11 is 0. The number of hydrogen-bond acceptors (Lipinski definition) is 3. The van der Waals surface area contributed by atoms with Crippen LogP contribution in [0.15, 0.2) is 60.7 Å². The third-order valence-electron chi connectivity index (χ3n) is 5.24. The zero-order valence-electron chi connectivity index (χ0n) is 16.2. The molecular formula is C23H26N4O. The van der Waals surface area contributed by atoms with Crippen molar-refractivity contribution in [1.29, 1.82) is 0 Å². The monoisotopic (exact) mass is 374 g/mol. The lowest BCUT2D eigenvalue weighted by molar-refractivity contribution is 0.102. The zero-order valence-corrected chi connectivity index (χ0v) is 16.2. The molecular weight excluding hydrogens is 348 g/mol. The van der Waals surface area contributed by atoms with Crippen LogP contribution in [0, 0.1) is 6.92 Å². The minimum atomic E-state index is -0.203. The lowest BCUT2D eigenvalue weighted by Gasteiger charge is -2.23. The molecule has 3 aromatic rings. The zero-order chi connectivity index (χ0) is 19.3. The Morgan fingerprint density at radius 2 is 1.64 bits per heavy atom. The molecule has 0 bridgehead atoms. The SMILES string of the molecule is Cc1cc(C(=O)Nc2ccc(NC3CCCCC3)cc2)nn1-c1ccccc1. The van der Waals surface area contributed by atoms with Crippen molar-refractivity contribution >= 4 is 17.3 Å². The average Bonchev–Trinajstić information content (AvgIpc) is 3.13. The van der Waals surface area contributed by atoms with E-state index in [0.717, 1.165) is 22.8 Å². The third-order valence-corrected chi connectivity index (χ3v) is 5.24. The molecule has 0 aliphatic heterocycles. The summed E-state index contributed by atoms with van der Waals surface area (Å²) in [6.45, 7) is 1.95. The predicted molar refractivity (Wildman–Crippen MR) is 113 cm³/mol. The standard InChI is InChI=1S/C23H26N4O/c1-17-16-22(26-27(17)21-10-6-3-7-11-21)23(28)25-20-14-12-19(13-15-20)24-18-8-4-2-5-9-18/h3,6-7,10-16,18,24H,2,4-5,8-9H2,1H3,(H,25,28). The Bertz CT molecular complexity index is 925. The van der Waals surface area contributed by atoms with Crippen LogP contribution < -0.4 is 10.6 Å². The first kappa shape index (κ1) is 18.3. The smallest absolute Gasteiger partial charge is 0.276 e. The van der Waals surface area contributed by atoms with Gasteiger partial charge in [-0.15, -0.1) is 0 Å². The van der Waals surface area contributed by atoms with E-state index in [1.165, 1.54) is 32.1 Å². The molecule has 1 saturated carbocycles. The van der Waals surface area contributed by atoms with E-state index in [0.29, 0.717) is 11.7 Å². The van der Waals surface area contributed by atoms with Crippen LogP contribution in [0.3, 0.4) is 0 Å². The van der Waals surface area contributed by atoms with Crippen molar-refractivity contribution in [3.05, 3.63) is 72.1 Å². The summed E-state index contributed by atoms with van der Waals surface area (Å²) in [7, 11) is 0. The minimum absolute atomic E-state index is 0.203. The molecule has 28 heavy (non-hydrogen) atoms. The highest BCUT2D eigenvalue weighted by Crippen LogP contribution is 2.23. The molecule has 1 aliphatic carbocycles. The van der Waals surface area contributed by atoms with Gasteiger partial charge < -0.3 is 10.6 Å². The third kappa shape index (κ3) is 4.25. The lowest BCUT2D eigenvalue weighted by Crippen LogP contribution is -2.22. The van der Waals surface area contributed by atoms with Gasteiger partial charge >= 0.3 is 0 Å². The second-order valence-corrected chi connectivity index (χ2v) is 7.43. The summed E-state index contributed by atoms with van der Waals surface area (Å²) < 4.78 is 1.78. The van der Waals surface area contributed by atoms with Gasteiger partial charge in [0.2, 0.25) is 0 Å². The molecule has 5 heteroatoms. The van der Waals surface area contributed by atoms with E-state index in [4.69, 9.17) is 0 Å². The van der Waals surface area contributed by atoms with Gasteiger partial charge in [0.25, 0.3) is 5.91 Å². The number of carbonyl (C=O) groups excluding carboxylic acids is 1. The van der Waals surface area contributed by atoms with Gasteiger partial charge in [-0.3, -0.25) is 4.79 Å². The maximum absolute atomic E-state index is 12.6. The minimum Gasteiger partial charge on any atom is -0.382 e. The number of amides is 1. The second kappa shape index (κ2) is 8.30. The number of anilines is 2. The van der Waals surface area contributed by atoms with Crippen molar-refractivity contribution in [2.75, 3.05) is 10.6 Å². The van der Waals surface area contributed by atoms with Gasteiger partial charge in [-0.05, 0) is 62.2 Å². The molecule has 0 radical (unpaired) electrons. The Balaban J connectivity index is 1.41. The Hall–Kier alpha value is -3.08. The summed E-state index contributed by atoms with van der Waals surface area (Å²) in [4.78, 5) is 12.6. The van der Waals surface area contributed by atoms with Crippen LogP contribution in [0.25, 0.3) is 5.69 Å². The second-order valence-electron chi connectivity index (χ2n) is 7.43. The van der Waals surface area contributed by atoms with Crippen molar-refractivity contribution in [2.45, 2.75) is 45.1 Å². The van der Waals surface area contributed by atoms with E-state index >= 15 is 0 Å². The van der Waals surface area contributed by atoms with Crippen LogP contribution in [0.1, 0.15) is 48.3 Å². The van der Waals surface area contributed by atoms with Gasteiger partial charge in [-0.1, -0.05) is 37.5 Å². The Morgan fingerprint density at radius 3 is 2.36 bits per heavy atom. The molecule has 1 aromatic heterocycles. The topological polar surface area (TPSA) is 59.0 Å². The summed E-state index contributed by atoms with van der Waals surface area (Å²) in [5.41, 5.74) is 4.14. The highest BCUT2D eigenvalue weighted by atomic mass is 16.1. The van der Waals surface area contributed by atoms with Gasteiger partial charge in [0.15, 0.2) is 5.69 Å². The quantitative estimate of drug-likeness (QED) is 0.647. The summed E-state index contributed by atoms with van der Waals surface area (Å²) in [6.07, 6.45) is 6.44. The predicted octanol–water partition coefficient (Wildman–Crippen LogP) is 5.18. The van der Waals surface area contributed by atoms with Crippen molar-refractivity contribution in [3.63, 3.8) is 0 Å². The molecule has 2 aromatic carbocycles. The van der Waals surface area contributed by atoms with Crippen LogP contribution in [-0.4, -0.2) is 21.7 Å². The number of benzene rings is 2. The van der Waals surface area contributed by atoms with Crippen LogP contribution in [0.2, 0.25) is 0 Å². The highest BCUT2D eigenvalue weighted by Gasteiger charge is 2.15. The van der Waals surface area contributed by atoms with E-state index in [1.54, 1.807) is 10.7 Å². The van der Waals surface area contributed by atoms with E-state index in [1.807, 2.05) is 61.5 Å². The van der Waals surface area contributed by atoms with Crippen LogP contribution in [-0.2, 0) is 0 Å². The molecule has 1 aliphatic rings. The average molecular weight is 374 g/mol. The molecule has 1 heterocycles. The number of nitrogens with one attached hydrogen (secondary N) is 2. The fourth-order valence-corrected chi connectivity index (χ4v) is 3.74. The molecule has 0 atom stereocenters. The first-order chi connectivity index (χ1) is 13.7. The normalized spacial score (nSPS) is 14.6. The number of aromatic nitrogens is 2. The largest absolute Gasteiger partial charge is 0.382 e. The first-order valence-electron chi connectivity index (χ1n) is 9.99. The number of carbonyl (C=O) groups is 1. The molecule has 1 fully saturated rings. The molecule has 144 valence electrons. The van der Waals surface area contributed by atoms with Gasteiger partial charge in [0.1, 0.15) is 0 Å². The maximum Gasteiger partial charge on any atom is 0.276 e. The molecule has 2 N–H and O–H groups in total. The number of aryl methyl sites for hydroxylation is 1. The van der Waals surface area contributed by atoms with E-state index in [2.05, 4.69) is 15.7 Å². The van der Waals surface area contributed by atoms with Crippen molar-refractivity contribution in [3.8, 4) is 5.69 Å². The van der Waals surface area contributed by atoms with Gasteiger partial charge in [-0.2, -0.15) is 5.10 Å². The Labute approximate surface area is 165 Å². The van der Waals surface area contributed by atoms with Crippen molar-refractivity contribution < 1.29 is 4.79 Å².